The Labute approximate surface area is 101 Å². The number of hydrogen-bond donors (Lipinski definition) is 0. The van der Waals surface area contributed by atoms with Crippen molar-refractivity contribution in [3.05, 3.63) is 30.0 Å². The molecule has 2 rings (SSSR count). The van der Waals surface area contributed by atoms with E-state index >= 15 is 0 Å². The van der Waals surface area contributed by atoms with Crippen molar-refractivity contribution in [2.24, 2.45) is 7.05 Å². The summed E-state index contributed by atoms with van der Waals surface area (Å²) in [5.41, 5.74) is 1.19. The van der Waals surface area contributed by atoms with Gasteiger partial charge in [0.05, 0.1) is 17.6 Å². The molecular weight excluding hydrogens is 245 g/mol. The lowest BCUT2D eigenvalue weighted by Gasteiger charge is -2.03. The van der Waals surface area contributed by atoms with Crippen LogP contribution >= 0.6 is 0 Å². The molecule has 0 amide bonds. The predicted molar refractivity (Wildman–Crippen MR) is 60.1 cm³/mol. The van der Waals surface area contributed by atoms with Crippen molar-refractivity contribution in [3.63, 3.8) is 0 Å². The molecule has 96 valence electrons. The highest BCUT2D eigenvalue weighted by atomic mass is 19.4. The number of hydrogen-bond acceptors (Lipinski definition) is 2. The molecule has 0 atom stereocenters. The van der Waals surface area contributed by atoms with E-state index in [1.165, 1.54) is 0 Å². The van der Waals surface area contributed by atoms with E-state index < -0.39 is 18.4 Å². The van der Waals surface area contributed by atoms with Gasteiger partial charge in [0.1, 0.15) is 12.2 Å². The van der Waals surface area contributed by atoms with E-state index in [1.54, 1.807) is 29.9 Å². The summed E-state index contributed by atoms with van der Waals surface area (Å²) in [4.78, 5) is 11.3. The van der Waals surface area contributed by atoms with E-state index in [0.29, 0.717) is 5.69 Å². The average molecular weight is 256 g/mol. The monoisotopic (exact) mass is 256 g/mol. The summed E-state index contributed by atoms with van der Waals surface area (Å²) in [6.45, 7) is 0. The number of carbonyl (C=O) groups excluding carboxylic acids is 1. The van der Waals surface area contributed by atoms with Crippen molar-refractivity contribution in [1.82, 2.24) is 9.78 Å². The summed E-state index contributed by atoms with van der Waals surface area (Å²) in [6.07, 6.45) is -6.15. The molecule has 0 bridgehead atoms. The van der Waals surface area contributed by atoms with Crippen LogP contribution in [0.15, 0.2) is 24.3 Å². The van der Waals surface area contributed by atoms with E-state index in [2.05, 4.69) is 5.10 Å². The summed E-state index contributed by atoms with van der Waals surface area (Å²) < 4.78 is 37.8. The van der Waals surface area contributed by atoms with Crippen LogP contribution in [0.25, 0.3) is 10.9 Å². The minimum Gasteiger partial charge on any atom is -0.299 e. The van der Waals surface area contributed by atoms with Crippen LogP contribution in [0.3, 0.4) is 0 Å². The number of aryl methyl sites for hydroxylation is 1. The summed E-state index contributed by atoms with van der Waals surface area (Å²) in [5.74, 6) is -0.869. The normalized spacial score (nSPS) is 12.0. The Morgan fingerprint density at radius 3 is 2.67 bits per heavy atom. The van der Waals surface area contributed by atoms with E-state index in [0.717, 1.165) is 10.9 Å². The minimum absolute atomic E-state index is 0.291. The first-order chi connectivity index (χ1) is 8.37. The number of rotatable bonds is 3. The predicted octanol–water partition coefficient (Wildman–Crippen LogP) is 2.64. The number of para-hydroxylation sites is 1. The van der Waals surface area contributed by atoms with Crippen LogP contribution in [0.1, 0.15) is 12.1 Å². The number of ketones is 1. The average Bonchev–Trinajstić information content (AvgIpc) is 2.54. The van der Waals surface area contributed by atoms with Gasteiger partial charge in [-0.25, -0.2) is 0 Å². The van der Waals surface area contributed by atoms with Crippen LogP contribution in [0.4, 0.5) is 13.2 Å². The Bertz CT molecular complexity index is 587. The molecule has 0 aliphatic heterocycles. The van der Waals surface area contributed by atoms with Gasteiger partial charge in [0, 0.05) is 12.4 Å². The zero-order valence-corrected chi connectivity index (χ0v) is 9.66. The molecule has 0 saturated heterocycles. The number of alkyl halides is 3. The maximum Gasteiger partial charge on any atom is 0.395 e. The number of fused-ring (bicyclic) bond motifs is 1. The topological polar surface area (TPSA) is 34.9 Å². The zero-order valence-electron chi connectivity index (χ0n) is 9.66. The maximum atomic E-state index is 12.1. The lowest BCUT2D eigenvalue weighted by Crippen LogP contribution is -2.16. The van der Waals surface area contributed by atoms with Crippen molar-refractivity contribution >= 4 is 16.7 Å². The van der Waals surface area contributed by atoms with Crippen molar-refractivity contribution in [1.29, 1.82) is 0 Å². The smallest absolute Gasteiger partial charge is 0.299 e. The van der Waals surface area contributed by atoms with Gasteiger partial charge in [0.25, 0.3) is 0 Å². The Balaban J connectivity index is 2.25. The van der Waals surface area contributed by atoms with Crippen LogP contribution in [0, 0.1) is 0 Å². The van der Waals surface area contributed by atoms with Crippen molar-refractivity contribution in [3.8, 4) is 0 Å². The number of benzene rings is 1. The fourth-order valence-electron chi connectivity index (χ4n) is 1.89. The number of halogens is 3. The quantitative estimate of drug-likeness (QED) is 0.846. The second-order valence-electron chi connectivity index (χ2n) is 4.09. The zero-order chi connectivity index (χ0) is 13.3. The van der Waals surface area contributed by atoms with Gasteiger partial charge in [-0.15, -0.1) is 0 Å². The second kappa shape index (κ2) is 4.44. The lowest BCUT2D eigenvalue weighted by molar-refractivity contribution is -0.151. The van der Waals surface area contributed by atoms with Gasteiger partial charge >= 0.3 is 6.18 Å². The third-order valence-electron chi connectivity index (χ3n) is 2.60. The van der Waals surface area contributed by atoms with Crippen LogP contribution in [0.5, 0.6) is 0 Å². The summed E-state index contributed by atoms with van der Waals surface area (Å²) in [5, 5.41) is 4.81. The Kier molecular flexibility index (Phi) is 3.11. The molecule has 0 N–H and O–H groups in total. The second-order valence-corrected chi connectivity index (χ2v) is 4.09. The van der Waals surface area contributed by atoms with Gasteiger partial charge in [0.15, 0.2) is 0 Å². The van der Waals surface area contributed by atoms with Crippen LogP contribution < -0.4 is 0 Å². The molecule has 0 aliphatic rings. The van der Waals surface area contributed by atoms with Crippen LogP contribution in [-0.4, -0.2) is 21.7 Å². The molecule has 18 heavy (non-hydrogen) atoms. The first-order valence-electron chi connectivity index (χ1n) is 5.36. The van der Waals surface area contributed by atoms with Gasteiger partial charge in [-0.2, -0.15) is 18.3 Å². The summed E-state index contributed by atoms with van der Waals surface area (Å²) in [7, 11) is 1.69. The third-order valence-corrected chi connectivity index (χ3v) is 2.60. The standard InChI is InChI=1S/C12H11F3N2O/c1-17-11-5-3-2-4-9(11)10(16-17)6-8(18)7-12(13,14)15/h2-5H,6-7H2,1H3. The molecule has 3 nitrogen and oxygen atoms in total. The van der Waals surface area contributed by atoms with E-state index in [4.69, 9.17) is 0 Å². The highest BCUT2D eigenvalue weighted by Gasteiger charge is 2.31. The minimum atomic E-state index is -4.46. The molecule has 2 aromatic rings. The first-order valence-corrected chi connectivity index (χ1v) is 5.36. The molecular formula is C12H11F3N2O. The van der Waals surface area contributed by atoms with Gasteiger partial charge < -0.3 is 0 Å². The SMILES string of the molecule is Cn1nc(CC(=O)CC(F)(F)F)c2ccccc21. The lowest BCUT2D eigenvalue weighted by atomic mass is 10.1. The highest BCUT2D eigenvalue weighted by Crippen LogP contribution is 2.23. The van der Waals surface area contributed by atoms with Crippen LogP contribution in [-0.2, 0) is 18.3 Å². The number of aromatic nitrogens is 2. The fourth-order valence-corrected chi connectivity index (χ4v) is 1.89. The number of nitrogens with zero attached hydrogens (tertiary/aromatic N) is 2. The van der Waals surface area contributed by atoms with Gasteiger partial charge in [-0.05, 0) is 6.07 Å². The Morgan fingerprint density at radius 2 is 2.00 bits per heavy atom. The fraction of sp³-hybridized carbons (Fsp3) is 0.333. The molecule has 0 spiro atoms. The molecule has 0 radical (unpaired) electrons. The Morgan fingerprint density at radius 1 is 1.33 bits per heavy atom. The first kappa shape index (κ1) is 12.6. The number of carbonyl (C=O) groups is 1. The summed E-state index contributed by atoms with van der Waals surface area (Å²) >= 11 is 0. The molecule has 0 unspecified atom stereocenters. The van der Waals surface area contributed by atoms with Crippen molar-refractivity contribution < 1.29 is 18.0 Å². The van der Waals surface area contributed by atoms with Crippen LogP contribution in [0.2, 0.25) is 0 Å². The Hall–Kier alpha value is -1.85. The molecule has 0 fully saturated rings. The molecule has 1 aromatic heterocycles. The van der Waals surface area contributed by atoms with E-state index in [1.807, 2.05) is 6.07 Å². The largest absolute Gasteiger partial charge is 0.395 e. The maximum absolute atomic E-state index is 12.1. The van der Waals surface area contributed by atoms with Crippen molar-refractivity contribution in [2.75, 3.05) is 0 Å². The molecule has 6 heteroatoms. The molecule has 1 heterocycles. The van der Waals surface area contributed by atoms with Gasteiger partial charge in [0.2, 0.25) is 0 Å². The molecule has 0 aliphatic carbocycles. The van der Waals surface area contributed by atoms with E-state index in [-0.39, 0.29) is 6.42 Å². The van der Waals surface area contributed by atoms with Gasteiger partial charge in [-0.1, -0.05) is 18.2 Å². The van der Waals surface area contributed by atoms with Gasteiger partial charge in [-0.3, -0.25) is 9.48 Å². The molecule has 1 aromatic carbocycles. The summed E-state index contributed by atoms with van der Waals surface area (Å²) in [6, 6.07) is 7.13. The van der Waals surface area contributed by atoms with E-state index in [9.17, 15) is 18.0 Å². The third kappa shape index (κ3) is 2.69. The van der Waals surface area contributed by atoms with Crippen molar-refractivity contribution in [2.45, 2.75) is 19.0 Å². The highest BCUT2D eigenvalue weighted by molar-refractivity contribution is 5.88. The number of Topliss-reactive ketones (excluding diaryl/α,β-unsaturated/α-hetero) is 1. The molecule has 0 saturated carbocycles.